The second-order valence-corrected chi connectivity index (χ2v) is 4.38. The average Bonchev–Trinajstić information content (AvgIpc) is 1.91. The van der Waals surface area contributed by atoms with E-state index in [0.29, 0.717) is 0 Å². The molecular weight excluding hydrogens is 152 g/mol. The van der Waals surface area contributed by atoms with Crippen LogP contribution in [-0.2, 0) is 4.79 Å². The van der Waals surface area contributed by atoms with Gasteiger partial charge in [0.25, 0.3) is 0 Å². The van der Waals surface area contributed by atoms with Crippen molar-refractivity contribution in [3.05, 3.63) is 0 Å². The summed E-state index contributed by atoms with van der Waals surface area (Å²) >= 11 is 0. The molecule has 1 fully saturated rings. The molecule has 0 radical (unpaired) electrons. The minimum atomic E-state index is 0.0127. The minimum Gasteiger partial charge on any atom is -0.355 e. The Morgan fingerprint density at radius 1 is 1.50 bits per heavy atom. The van der Waals surface area contributed by atoms with Gasteiger partial charge in [0.05, 0.1) is 6.04 Å². The van der Waals surface area contributed by atoms with E-state index >= 15 is 0 Å². The molecule has 0 aromatic carbocycles. The zero-order valence-corrected chi connectivity index (χ0v) is 8.11. The van der Waals surface area contributed by atoms with Crippen LogP contribution in [0.25, 0.3) is 0 Å². The topological polar surface area (TPSA) is 41.1 Å². The summed E-state index contributed by atoms with van der Waals surface area (Å²) in [5, 5.41) is 6.15. The molecule has 1 saturated heterocycles. The molecule has 0 unspecified atom stereocenters. The number of hydrogen-bond acceptors (Lipinski definition) is 2. The summed E-state index contributed by atoms with van der Waals surface area (Å²) in [6.07, 6.45) is 2.04. The van der Waals surface area contributed by atoms with Crippen LogP contribution >= 0.6 is 0 Å². The Labute approximate surface area is 73.9 Å². The number of hydrogen-bond donors (Lipinski definition) is 2. The van der Waals surface area contributed by atoms with Crippen LogP contribution in [0.15, 0.2) is 0 Å². The van der Waals surface area contributed by atoms with Gasteiger partial charge in [0.2, 0.25) is 5.91 Å². The molecule has 2 N–H and O–H groups in total. The van der Waals surface area contributed by atoms with Gasteiger partial charge in [0.1, 0.15) is 0 Å². The third-order valence-corrected chi connectivity index (χ3v) is 1.89. The lowest BCUT2D eigenvalue weighted by molar-refractivity contribution is -0.125. The second-order valence-electron chi connectivity index (χ2n) is 4.38. The first-order chi connectivity index (χ1) is 5.49. The Morgan fingerprint density at radius 3 is 2.67 bits per heavy atom. The van der Waals surface area contributed by atoms with Crippen molar-refractivity contribution >= 4 is 5.91 Å². The molecule has 3 heteroatoms. The summed E-state index contributed by atoms with van der Waals surface area (Å²) in [6, 6.07) is 0.0127. The van der Waals surface area contributed by atoms with Crippen LogP contribution in [0.5, 0.6) is 0 Å². The van der Waals surface area contributed by atoms with Gasteiger partial charge in [0.15, 0.2) is 0 Å². The largest absolute Gasteiger partial charge is 0.355 e. The maximum absolute atomic E-state index is 11.3. The normalized spacial score (nSPS) is 25.2. The van der Waals surface area contributed by atoms with Gasteiger partial charge in [-0.1, -0.05) is 0 Å². The summed E-state index contributed by atoms with van der Waals surface area (Å²) in [5.74, 6) is 0.149. The lowest BCUT2D eigenvalue weighted by atomic mass is 10.0. The van der Waals surface area contributed by atoms with Crippen molar-refractivity contribution in [2.75, 3.05) is 6.54 Å². The highest BCUT2D eigenvalue weighted by Crippen LogP contribution is 2.08. The quantitative estimate of drug-likeness (QED) is 0.607. The van der Waals surface area contributed by atoms with Gasteiger partial charge in [0, 0.05) is 12.1 Å². The number of carbonyl (C=O) groups is 1. The van der Waals surface area contributed by atoms with Crippen LogP contribution in [-0.4, -0.2) is 24.0 Å². The first kappa shape index (κ1) is 9.52. The fourth-order valence-electron chi connectivity index (χ4n) is 1.43. The van der Waals surface area contributed by atoms with Gasteiger partial charge in [-0.05, 0) is 33.6 Å². The molecule has 1 aliphatic rings. The van der Waals surface area contributed by atoms with Crippen molar-refractivity contribution in [1.82, 2.24) is 10.6 Å². The predicted octanol–water partition coefficient (Wildman–Crippen LogP) is 0.653. The molecule has 1 amide bonds. The maximum atomic E-state index is 11.3. The van der Waals surface area contributed by atoms with Crippen molar-refractivity contribution in [2.24, 2.45) is 0 Å². The van der Waals surface area contributed by atoms with Crippen molar-refractivity contribution < 1.29 is 4.79 Å². The van der Waals surface area contributed by atoms with Gasteiger partial charge >= 0.3 is 0 Å². The van der Waals surface area contributed by atoms with E-state index in [1.807, 2.05) is 0 Å². The van der Waals surface area contributed by atoms with Gasteiger partial charge in [-0.25, -0.2) is 0 Å². The van der Waals surface area contributed by atoms with Gasteiger partial charge < -0.3 is 10.6 Å². The SMILES string of the molecule is CC(C)(C)N[C@@H]1CCCNC1=O. The fraction of sp³-hybridized carbons (Fsp3) is 0.889. The standard InChI is InChI=1S/C9H18N2O/c1-9(2,3)11-7-5-4-6-10-8(7)12/h7,11H,4-6H2,1-3H3,(H,10,12)/t7-/m1/s1. The van der Waals surface area contributed by atoms with Crippen LogP contribution in [0.4, 0.5) is 0 Å². The summed E-state index contributed by atoms with van der Waals surface area (Å²) in [5.41, 5.74) is 0.0271. The Morgan fingerprint density at radius 2 is 2.17 bits per heavy atom. The van der Waals surface area contributed by atoms with E-state index in [-0.39, 0.29) is 17.5 Å². The first-order valence-electron chi connectivity index (χ1n) is 4.54. The van der Waals surface area contributed by atoms with Crippen molar-refractivity contribution in [1.29, 1.82) is 0 Å². The Balaban J connectivity index is 2.45. The highest BCUT2D eigenvalue weighted by molar-refractivity contribution is 5.82. The summed E-state index contributed by atoms with van der Waals surface area (Å²) in [7, 11) is 0. The molecule has 0 spiro atoms. The highest BCUT2D eigenvalue weighted by atomic mass is 16.2. The molecule has 0 bridgehead atoms. The zero-order valence-electron chi connectivity index (χ0n) is 8.11. The van der Waals surface area contributed by atoms with Crippen LogP contribution in [0.3, 0.4) is 0 Å². The van der Waals surface area contributed by atoms with E-state index < -0.39 is 0 Å². The van der Waals surface area contributed by atoms with Crippen molar-refractivity contribution in [3.63, 3.8) is 0 Å². The molecule has 0 saturated carbocycles. The van der Waals surface area contributed by atoms with Gasteiger partial charge in [-0.2, -0.15) is 0 Å². The molecule has 1 atom stereocenters. The summed E-state index contributed by atoms with van der Waals surface area (Å²) in [4.78, 5) is 11.3. The molecule has 1 heterocycles. The lowest BCUT2D eigenvalue weighted by Crippen LogP contribution is -2.54. The van der Waals surface area contributed by atoms with E-state index in [1.54, 1.807) is 0 Å². The van der Waals surface area contributed by atoms with Crippen molar-refractivity contribution in [3.8, 4) is 0 Å². The fourth-order valence-corrected chi connectivity index (χ4v) is 1.43. The van der Waals surface area contributed by atoms with Gasteiger partial charge in [-0.3, -0.25) is 4.79 Å². The Hall–Kier alpha value is -0.570. The molecule has 70 valence electrons. The van der Waals surface area contributed by atoms with Crippen LogP contribution in [0.1, 0.15) is 33.6 Å². The first-order valence-corrected chi connectivity index (χ1v) is 4.54. The van der Waals surface area contributed by atoms with Gasteiger partial charge in [-0.15, -0.1) is 0 Å². The lowest BCUT2D eigenvalue weighted by Gasteiger charge is -2.30. The molecular formula is C9H18N2O. The van der Waals surface area contributed by atoms with E-state index in [1.165, 1.54) is 0 Å². The molecule has 0 aliphatic carbocycles. The summed E-state index contributed by atoms with van der Waals surface area (Å²) < 4.78 is 0. The predicted molar refractivity (Wildman–Crippen MR) is 48.9 cm³/mol. The Kier molecular flexibility index (Phi) is 2.73. The average molecular weight is 170 g/mol. The molecule has 1 aliphatic heterocycles. The van der Waals surface area contributed by atoms with E-state index in [0.717, 1.165) is 19.4 Å². The molecule has 0 aromatic rings. The highest BCUT2D eigenvalue weighted by Gasteiger charge is 2.25. The number of piperidine rings is 1. The third kappa shape index (κ3) is 2.81. The monoisotopic (exact) mass is 170 g/mol. The number of rotatable bonds is 1. The van der Waals surface area contributed by atoms with Crippen molar-refractivity contribution in [2.45, 2.75) is 45.2 Å². The number of amides is 1. The Bertz CT molecular complexity index is 172. The van der Waals surface area contributed by atoms with E-state index in [2.05, 4.69) is 31.4 Å². The zero-order chi connectivity index (χ0) is 9.19. The molecule has 12 heavy (non-hydrogen) atoms. The maximum Gasteiger partial charge on any atom is 0.237 e. The van der Waals surface area contributed by atoms with E-state index in [9.17, 15) is 4.79 Å². The molecule has 3 nitrogen and oxygen atoms in total. The van der Waals surface area contributed by atoms with Crippen LogP contribution in [0.2, 0.25) is 0 Å². The summed E-state index contributed by atoms with van der Waals surface area (Å²) in [6.45, 7) is 7.07. The molecule has 1 rings (SSSR count). The van der Waals surface area contributed by atoms with Crippen LogP contribution < -0.4 is 10.6 Å². The molecule has 0 aromatic heterocycles. The third-order valence-electron chi connectivity index (χ3n) is 1.89. The number of nitrogens with one attached hydrogen (secondary N) is 2. The smallest absolute Gasteiger partial charge is 0.237 e. The van der Waals surface area contributed by atoms with Crippen LogP contribution in [0, 0.1) is 0 Å². The van der Waals surface area contributed by atoms with E-state index in [4.69, 9.17) is 0 Å². The minimum absolute atomic E-state index is 0.0127. The second kappa shape index (κ2) is 3.44. The number of carbonyl (C=O) groups excluding carboxylic acids is 1.